The summed E-state index contributed by atoms with van der Waals surface area (Å²) >= 11 is 0. The SMILES string of the molecule is CCCN(C(=O)COc1ccccc1C(C)(C)C)C1CCN(C(=O)c2ccccc2)CC1. The molecular weight excluding hydrogens is 400 g/mol. The maximum atomic E-state index is 13.1. The number of rotatable bonds is 7. The number of nitrogens with zero attached hydrogens (tertiary/aromatic N) is 2. The largest absolute Gasteiger partial charge is 0.483 e. The molecule has 2 amide bonds. The van der Waals surface area contributed by atoms with E-state index in [0.29, 0.717) is 19.6 Å². The van der Waals surface area contributed by atoms with E-state index in [2.05, 4.69) is 33.8 Å². The topological polar surface area (TPSA) is 49.9 Å². The quantitative estimate of drug-likeness (QED) is 0.620. The lowest BCUT2D eigenvalue weighted by atomic mass is 9.86. The fourth-order valence-electron chi connectivity index (χ4n) is 4.33. The van der Waals surface area contributed by atoms with Crippen molar-refractivity contribution in [3.05, 3.63) is 65.7 Å². The average molecular weight is 437 g/mol. The number of amides is 2. The van der Waals surface area contributed by atoms with Gasteiger partial charge in [0.2, 0.25) is 0 Å². The van der Waals surface area contributed by atoms with Crippen molar-refractivity contribution in [3.8, 4) is 5.75 Å². The summed E-state index contributed by atoms with van der Waals surface area (Å²) in [5, 5.41) is 0. The normalized spacial score (nSPS) is 14.8. The van der Waals surface area contributed by atoms with Gasteiger partial charge in [-0.3, -0.25) is 9.59 Å². The van der Waals surface area contributed by atoms with Crippen LogP contribution in [0.5, 0.6) is 5.75 Å². The lowest BCUT2D eigenvalue weighted by Crippen LogP contribution is -2.50. The zero-order chi connectivity index (χ0) is 23.1. The minimum Gasteiger partial charge on any atom is -0.483 e. The van der Waals surface area contributed by atoms with E-state index in [9.17, 15) is 9.59 Å². The molecule has 5 heteroatoms. The van der Waals surface area contributed by atoms with Gasteiger partial charge in [0.1, 0.15) is 5.75 Å². The van der Waals surface area contributed by atoms with Gasteiger partial charge >= 0.3 is 0 Å². The molecule has 1 heterocycles. The van der Waals surface area contributed by atoms with E-state index in [1.165, 1.54) is 0 Å². The smallest absolute Gasteiger partial charge is 0.260 e. The van der Waals surface area contributed by atoms with Crippen LogP contribution in [0, 0.1) is 0 Å². The fraction of sp³-hybridized carbons (Fsp3) is 0.481. The zero-order valence-corrected chi connectivity index (χ0v) is 19.8. The van der Waals surface area contributed by atoms with Crippen LogP contribution in [0.2, 0.25) is 0 Å². The Labute approximate surface area is 192 Å². The Morgan fingerprint density at radius 2 is 1.62 bits per heavy atom. The van der Waals surface area contributed by atoms with Gasteiger partial charge in [-0.25, -0.2) is 0 Å². The van der Waals surface area contributed by atoms with E-state index in [1.54, 1.807) is 0 Å². The van der Waals surface area contributed by atoms with Crippen LogP contribution in [0.4, 0.5) is 0 Å². The molecular formula is C27H36N2O3. The molecule has 0 atom stereocenters. The predicted octanol–water partition coefficient (Wildman–Crippen LogP) is 4.91. The lowest BCUT2D eigenvalue weighted by Gasteiger charge is -2.38. The highest BCUT2D eigenvalue weighted by molar-refractivity contribution is 5.94. The van der Waals surface area contributed by atoms with Crippen molar-refractivity contribution in [2.24, 2.45) is 0 Å². The van der Waals surface area contributed by atoms with Crippen LogP contribution in [0.15, 0.2) is 54.6 Å². The first kappa shape index (κ1) is 23.8. The van der Waals surface area contributed by atoms with Crippen LogP contribution >= 0.6 is 0 Å². The van der Waals surface area contributed by atoms with Gasteiger partial charge in [0.25, 0.3) is 11.8 Å². The molecule has 0 unspecified atom stereocenters. The third kappa shape index (κ3) is 5.90. The van der Waals surface area contributed by atoms with Crippen LogP contribution in [0.1, 0.15) is 62.9 Å². The summed E-state index contributed by atoms with van der Waals surface area (Å²) in [7, 11) is 0. The van der Waals surface area contributed by atoms with Crippen LogP contribution in [0.25, 0.3) is 0 Å². The molecule has 1 saturated heterocycles. The number of hydrogen-bond acceptors (Lipinski definition) is 3. The highest BCUT2D eigenvalue weighted by Gasteiger charge is 2.30. The molecule has 0 bridgehead atoms. The van der Waals surface area contributed by atoms with E-state index in [1.807, 2.05) is 58.3 Å². The van der Waals surface area contributed by atoms with Gasteiger partial charge in [-0.2, -0.15) is 0 Å². The minimum absolute atomic E-state index is 0.0170. The molecule has 3 rings (SSSR count). The predicted molar refractivity (Wildman–Crippen MR) is 128 cm³/mol. The van der Waals surface area contributed by atoms with E-state index in [0.717, 1.165) is 36.1 Å². The van der Waals surface area contributed by atoms with E-state index < -0.39 is 0 Å². The number of carbonyl (C=O) groups excluding carboxylic acids is 2. The Bertz CT molecular complexity index is 897. The number of benzene rings is 2. The van der Waals surface area contributed by atoms with Crippen molar-refractivity contribution < 1.29 is 14.3 Å². The Hall–Kier alpha value is -2.82. The van der Waals surface area contributed by atoms with Crippen molar-refractivity contribution in [3.63, 3.8) is 0 Å². The summed E-state index contributed by atoms with van der Waals surface area (Å²) in [4.78, 5) is 29.7. The van der Waals surface area contributed by atoms with Crippen molar-refractivity contribution in [1.82, 2.24) is 9.80 Å². The van der Waals surface area contributed by atoms with Gasteiger partial charge in [-0.15, -0.1) is 0 Å². The second-order valence-electron chi connectivity index (χ2n) is 9.51. The number of likely N-dealkylation sites (tertiary alicyclic amines) is 1. The molecule has 0 aromatic heterocycles. The van der Waals surface area contributed by atoms with E-state index in [4.69, 9.17) is 4.74 Å². The molecule has 5 nitrogen and oxygen atoms in total. The van der Waals surface area contributed by atoms with Crippen molar-refractivity contribution >= 4 is 11.8 Å². The van der Waals surface area contributed by atoms with Crippen LogP contribution in [0.3, 0.4) is 0 Å². The maximum Gasteiger partial charge on any atom is 0.260 e. The number of hydrogen-bond donors (Lipinski definition) is 0. The van der Waals surface area contributed by atoms with E-state index >= 15 is 0 Å². The Kier molecular flexibility index (Phi) is 7.94. The Morgan fingerprint density at radius 3 is 2.25 bits per heavy atom. The van der Waals surface area contributed by atoms with Crippen molar-refractivity contribution in [2.75, 3.05) is 26.2 Å². The summed E-state index contributed by atoms with van der Waals surface area (Å²) in [6.45, 7) is 10.6. The number of para-hydroxylation sites is 1. The molecule has 1 aliphatic rings. The Balaban J connectivity index is 1.60. The number of piperidine rings is 1. The maximum absolute atomic E-state index is 13.1. The first-order chi connectivity index (χ1) is 15.3. The standard InChI is InChI=1S/C27H36N2O3/c1-5-17-29(25(30)20-32-24-14-10-9-13-23(24)27(2,3)4)22-15-18-28(19-16-22)26(31)21-11-7-6-8-12-21/h6-14,22H,5,15-20H2,1-4H3. The molecule has 32 heavy (non-hydrogen) atoms. The summed E-state index contributed by atoms with van der Waals surface area (Å²) in [5.74, 6) is 0.857. The van der Waals surface area contributed by atoms with Gasteiger partial charge in [-0.1, -0.05) is 64.1 Å². The summed E-state index contributed by atoms with van der Waals surface area (Å²) in [5.41, 5.74) is 1.77. The van der Waals surface area contributed by atoms with Gasteiger partial charge in [-0.05, 0) is 48.4 Å². The monoisotopic (exact) mass is 436 g/mol. The third-order valence-corrected chi connectivity index (χ3v) is 6.04. The van der Waals surface area contributed by atoms with Gasteiger partial charge in [0, 0.05) is 31.2 Å². The molecule has 0 saturated carbocycles. The summed E-state index contributed by atoms with van der Waals surface area (Å²) in [6, 6.07) is 17.5. The first-order valence-electron chi connectivity index (χ1n) is 11.7. The minimum atomic E-state index is -0.0547. The molecule has 172 valence electrons. The first-order valence-corrected chi connectivity index (χ1v) is 11.7. The second-order valence-corrected chi connectivity index (χ2v) is 9.51. The molecule has 1 aliphatic heterocycles. The van der Waals surface area contributed by atoms with Crippen LogP contribution in [-0.2, 0) is 10.2 Å². The second kappa shape index (κ2) is 10.7. The molecule has 2 aromatic carbocycles. The van der Waals surface area contributed by atoms with Crippen LogP contribution in [-0.4, -0.2) is 53.9 Å². The molecule has 0 radical (unpaired) electrons. The number of carbonyl (C=O) groups is 2. The highest BCUT2D eigenvalue weighted by Crippen LogP contribution is 2.31. The third-order valence-electron chi connectivity index (χ3n) is 6.04. The number of ether oxygens (including phenoxy) is 1. The van der Waals surface area contributed by atoms with Gasteiger partial charge < -0.3 is 14.5 Å². The summed E-state index contributed by atoms with van der Waals surface area (Å²) in [6.07, 6.45) is 2.49. The van der Waals surface area contributed by atoms with Crippen molar-refractivity contribution in [1.29, 1.82) is 0 Å². The molecule has 0 aliphatic carbocycles. The molecule has 0 N–H and O–H groups in total. The van der Waals surface area contributed by atoms with Crippen LogP contribution < -0.4 is 4.74 Å². The average Bonchev–Trinajstić information content (AvgIpc) is 2.81. The zero-order valence-electron chi connectivity index (χ0n) is 19.8. The van der Waals surface area contributed by atoms with Gasteiger partial charge in [0.15, 0.2) is 6.61 Å². The van der Waals surface area contributed by atoms with E-state index in [-0.39, 0.29) is 29.9 Å². The fourth-order valence-corrected chi connectivity index (χ4v) is 4.33. The Morgan fingerprint density at radius 1 is 1.00 bits per heavy atom. The molecule has 1 fully saturated rings. The van der Waals surface area contributed by atoms with Gasteiger partial charge in [0.05, 0.1) is 0 Å². The molecule has 2 aromatic rings. The summed E-state index contributed by atoms with van der Waals surface area (Å²) < 4.78 is 6.01. The highest BCUT2D eigenvalue weighted by atomic mass is 16.5. The lowest BCUT2D eigenvalue weighted by molar-refractivity contribution is -0.136. The molecule has 0 spiro atoms. The van der Waals surface area contributed by atoms with Crippen molar-refractivity contribution in [2.45, 2.75) is 58.4 Å².